The summed E-state index contributed by atoms with van der Waals surface area (Å²) >= 11 is 0. The van der Waals surface area contributed by atoms with Gasteiger partial charge in [-0.15, -0.1) is 24.0 Å². The lowest BCUT2D eigenvalue weighted by Crippen LogP contribution is -2.41. The summed E-state index contributed by atoms with van der Waals surface area (Å²) in [6, 6.07) is 10.6. The number of guanidine groups is 1. The van der Waals surface area contributed by atoms with Crippen LogP contribution in [0.5, 0.6) is 0 Å². The summed E-state index contributed by atoms with van der Waals surface area (Å²) in [6.45, 7) is 3.17. The molecule has 0 amide bonds. The largest absolute Gasteiger partial charge is 0.356 e. The van der Waals surface area contributed by atoms with Gasteiger partial charge in [0.25, 0.3) is 0 Å². The summed E-state index contributed by atoms with van der Waals surface area (Å²) in [6.07, 6.45) is 4.18. The van der Waals surface area contributed by atoms with E-state index in [-0.39, 0.29) is 24.0 Å². The summed E-state index contributed by atoms with van der Waals surface area (Å²) in [4.78, 5) is 6.64. The van der Waals surface area contributed by atoms with E-state index in [1.165, 1.54) is 18.2 Å². The van der Waals surface area contributed by atoms with Gasteiger partial charge in [-0.2, -0.15) is 0 Å². The fourth-order valence-corrected chi connectivity index (χ4v) is 3.53. The summed E-state index contributed by atoms with van der Waals surface area (Å²) < 4.78 is 24.5. The van der Waals surface area contributed by atoms with Crippen molar-refractivity contribution < 1.29 is 8.42 Å². The molecule has 0 spiro atoms. The number of benzene rings is 1. The van der Waals surface area contributed by atoms with Gasteiger partial charge in [0.1, 0.15) is 0 Å². The van der Waals surface area contributed by atoms with Crippen LogP contribution in [0.15, 0.2) is 35.3 Å². The minimum atomic E-state index is -3.10. The van der Waals surface area contributed by atoms with E-state index in [1.807, 2.05) is 0 Å². The fourth-order valence-electron chi connectivity index (χ4n) is 3.02. The highest BCUT2D eigenvalue weighted by atomic mass is 127. The van der Waals surface area contributed by atoms with Crippen molar-refractivity contribution in [2.45, 2.75) is 19.3 Å². The Morgan fingerprint density at radius 1 is 1.28 bits per heavy atom. The van der Waals surface area contributed by atoms with Crippen LogP contribution >= 0.6 is 24.0 Å². The van der Waals surface area contributed by atoms with Crippen LogP contribution < -0.4 is 10.0 Å². The lowest BCUT2D eigenvalue weighted by Gasteiger charge is -2.21. The van der Waals surface area contributed by atoms with Crippen molar-refractivity contribution in [1.82, 2.24) is 14.9 Å². The normalized spacial score (nSPS) is 18.1. The van der Waals surface area contributed by atoms with Gasteiger partial charge in [-0.05, 0) is 30.7 Å². The number of rotatable bonds is 7. The van der Waals surface area contributed by atoms with Crippen LogP contribution in [0.1, 0.15) is 18.4 Å². The zero-order chi connectivity index (χ0) is 17.4. The molecule has 8 heteroatoms. The Balaban J connectivity index is 0.00000312. The molecule has 6 nitrogen and oxygen atoms in total. The highest BCUT2D eigenvalue weighted by Gasteiger charge is 2.24. The lowest BCUT2D eigenvalue weighted by atomic mass is 9.99. The molecule has 0 aliphatic carbocycles. The van der Waals surface area contributed by atoms with Crippen molar-refractivity contribution in [3.05, 3.63) is 35.9 Å². The van der Waals surface area contributed by atoms with E-state index in [4.69, 9.17) is 0 Å². The number of nitrogens with zero attached hydrogens (tertiary/aromatic N) is 2. The maximum Gasteiger partial charge on any atom is 0.208 e. The second-order valence-electron chi connectivity index (χ2n) is 6.28. The van der Waals surface area contributed by atoms with Gasteiger partial charge in [-0.3, -0.25) is 4.99 Å². The van der Waals surface area contributed by atoms with Crippen molar-refractivity contribution >= 4 is 40.0 Å². The number of halogens is 1. The van der Waals surface area contributed by atoms with Crippen molar-refractivity contribution in [2.24, 2.45) is 10.9 Å². The molecular formula is C17H29IN4O2S. The first-order chi connectivity index (χ1) is 11.5. The molecule has 0 radical (unpaired) electrons. The third-order valence-corrected chi connectivity index (χ3v) is 4.89. The van der Waals surface area contributed by atoms with Gasteiger partial charge in [0.15, 0.2) is 5.96 Å². The summed E-state index contributed by atoms with van der Waals surface area (Å²) in [5, 5.41) is 3.32. The molecule has 1 aromatic rings. The third kappa shape index (κ3) is 8.37. The highest BCUT2D eigenvalue weighted by molar-refractivity contribution is 14.0. The van der Waals surface area contributed by atoms with E-state index in [2.05, 4.69) is 50.3 Å². The van der Waals surface area contributed by atoms with Gasteiger partial charge in [0.2, 0.25) is 10.0 Å². The third-order valence-electron chi connectivity index (χ3n) is 4.17. The van der Waals surface area contributed by atoms with Crippen LogP contribution in [0.2, 0.25) is 0 Å². The van der Waals surface area contributed by atoms with Gasteiger partial charge in [-0.25, -0.2) is 13.1 Å². The van der Waals surface area contributed by atoms with Gasteiger partial charge < -0.3 is 10.2 Å². The molecular weight excluding hydrogens is 451 g/mol. The van der Waals surface area contributed by atoms with Gasteiger partial charge in [0.05, 0.1) is 6.26 Å². The van der Waals surface area contributed by atoms with E-state index >= 15 is 0 Å². The smallest absolute Gasteiger partial charge is 0.208 e. The Morgan fingerprint density at radius 3 is 2.64 bits per heavy atom. The first-order valence-electron chi connectivity index (χ1n) is 8.42. The minimum Gasteiger partial charge on any atom is -0.356 e. The van der Waals surface area contributed by atoms with Crippen LogP contribution in [-0.2, 0) is 16.4 Å². The van der Waals surface area contributed by atoms with Crippen LogP contribution in [0.3, 0.4) is 0 Å². The number of nitrogens with one attached hydrogen (secondary N) is 2. The molecule has 0 saturated carbocycles. The molecule has 0 aromatic heterocycles. The number of hydrogen-bond donors (Lipinski definition) is 2. The van der Waals surface area contributed by atoms with Crippen LogP contribution in [0, 0.1) is 5.92 Å². The molecule has 2 N–H and O–H groups in total. The predicted octanol–water partition coefficient (Wildman–Crippen LogP) is 1.68. The number of aliphatic imine (C=N–C) groups is 1. The van der Waals surface area contributed by atoms with E-state index in [9.17, 15) is 8.42 Å². The monoisotopic (exact) mass is 480 g/mol. The molecule has 1 aromatic carbocycles. The topological polar surface area (TPSA) is 73.8 Å². The average Bonchev–Trinajstić information content (AvgIpc) is 2.99. The Labute approximate surface area is 168 Å². The van der Waals surface area contributed by atoms with Crippen LogP contribution in [0.4, 0.5) is 0 Å². The van der Waals surface area contributed by atoms with Crippen LogP contribution in [0.25, 0.3) is 0 Å². The molecule has 1 aliphatic heterocycles. The fraction of sp³-hybridized carbons (Fsp3) is 0.588. The molecule has 0 bridgehead atoms. The van der Waals surface area contributed by atoms with Gasteiger partial charge >= 0.3 is 0 Å². The summed E-state index contributed by atoms with van der Waals surface area (Å²) in [5.74, 6) is 1.56. The molecule has 1 aliphatic rings. The van der Waals surface area contributed by atoms with Gasteiger partial charge in [0, 0.05) is 33.2 Å². The van der Waals surface area contributed by atoms with E-state index in [0.29, 0.717) is 19.0 Å². The van der Waals surface area contributed by atoms with Crippen LogP contribution in [-0.4, -0.2) is 58.8 Å². The second kappa shape index (κ2) is 11.0. The average molecular weight is 480 g/mol. The van der Waals surface area contributed by atoms with E-state index < -0.39 is 10.0 Å². The predicted molar refractivity (Wildman–Crippen MR) is 114 cm³/mol. The quantitative estimate of drug-likeness (QED) is 0.270. The zero-order valence-corrected chi connectivity index (χ0v) is 18.1. The molecule has 25 heavy (non-hydrogen) atoms. The number of hydrogen-bond acceptors (Lipinski definition) is 3. The molecule has 1 atom stereocenters. The lowest BCUT2D eigenvalue weighted by molar-refractivity contribution is 0.459. The molecule has 2 rings (SSSR count). The number of sulfonamides is 1. The van der Waals surface area contributed by atoms with Crippen molar-refractivity contribution in [3.8, 4) is 0 Å². The maximum absolute atomic E-state index is 11.0. The summed E-state index contributed by atoms with van der Waals surface area (Å²) in [5.41, 5.74) is 1.39. The van der Waals surface area contributed by atoms with Gasteiger partial charge in [-0.1, -0.05) is 30.3 Å². The van der Waals surface area contributed by atoms with E-state index in [1.54, 1.807) is 7.05 Å². The Hall–Kier alpha value is -0.870. The van der Waals surface area contributed by atoms with Crippen molar-refractivity contribution in [3.63, 3.8) is 0 Å². The molecule has 1 fully saturated rings. The van der Waals surface area contributed by atoms with Crippen molar-refractivity contribution in [1.29, 1.82) is 0 Å². The Morgan fingerprint density at radius 2 is 2.00 bits per heavy atom. The number of likely N-dealkylation sites (tertiary alicyclic amines) is 1. The van der Waals surface area contributed by atoms with Crippen molar-refractivity contribution in [2.75, 3.05) is 39.5 Å². The first-order valence-corrected chi connectivity index (χ1v) is 10.3. The minimum absolute atomic E-state index is 0. The maximum atomic E-state index is 11.0. The first kappa shape index (κ1) is 22.2. The Bertz CT molecular complexity index is 637. The molecule has 1 unspecified atom stereocenters. The standard InChI is InChI=1S/C17H28N4O2S.HI/c1-18-17(19-10-6-11-20-24(2,22)23)21-12-9-16(14-21)13-15-7-4-3-5-8-15;/h3-5,7-8,16,20H,6,9-14H2,1-2H3,(H,18,19);1H. The second-order valence-corrected chi connectivity index (χ2v) is 8.12. The summed E-state index contributed by atoms with van der Waals surface area (Å²) in [7, 11) is -1.31. The Kier molecular flexibility index (Phi) is 9.73. The van der Waals surface area contributed by atoms with E-state index in [0.717, 1.165) is 31.9 Å². The molecule has 1 saturated heterocycles. The molecule has 1 heterocycles. The molecule has 142 valence electrons. The SMILES string of the molecule is CN=C(NCCCNS(C)(=O)=O)N1CCC(Cc2ccccc2)C1.I. The highest BCUT2D eigenvalue weighted by Crippen LogP contribution is 2.20. The zero-order valence-electron chi connectivity index (χ0n) is 14.9.